The normalized spacial score (nSPS) is 16.0. The fourth-order valence-corrected chi connectivity index (χ4v) is 4.87. The predicted molar refractivity (Wildman–Crippen MR) is 121 cm³/mol. The molecular weight excluding hydrogens is 400 g/mol. The quantitative estimate of drug-likeness (QED) is 0.536. The van der Waals surface area contributed by atoms with Crippen LogP contribution in [0, 0.1) is 6.92 Å². The summed E-state index contributed by atoms with van der Waals surface area (Å²) in [4.78, 5) is 2.61. The van der Waals surface area contributed by atoms with Crippen molar-refractivity contribution in [2.24, 2.45) is 5.10 Å². The lowest BCUT2D eigenvalue weighted by atomic mass is 10.1. The van der Waals surface area contributed by atoms with Crippen LogP contribution in [0.4, 0.5) is 0 Å². The van der Waals surface area contributed by atoms with Gasteiger partial charge in [0.05, 0.1) is 10.6 Å². The monoisotopic (exact) mass is 430 g/mol. The van der Waals surface area contributed by atoms with E-state index in [4.69, 9.17) is 4.43 Å². The number of rotatable bonds is 5. The van der Waals surface area contributed by atoms with Crippen molar-refractivity contribution in [3.05, 3.63) is 59.2 Å². The number of sulfonamides is 1. The van der Waals surface area contributed by atoms with Crippen molar-refractivity contribution in [2.75, 3.05) is 0 Å². The van der Waals surface area contributed by atoms with E-state index >= 15 is 0 Å². The first-order valence-corrected chi connectivity index (χ1v) is 14.3. The van der Waals surface area contributed by atoms with Crippen LogP contribution in [0.2, 0.25) is 18.1 Å². The number of fused-ring (bicyclic) bond motifs is 1. The lowest BCUT2D eigenvalue weighted by Crippen LogP contribution is -2.44. The van der Waals surface area contributed by atoms with E-state index in [1.54, 1.807) is 24.3 Å². The zero-order valence-electron chi connectivity index (χ0n) is 18.0. The van der Waals surface area contributed by atoms with Gasteiger partial charge in [-0.3, -0.25) is 0 Å². The van der Waals surface area contributed by atoms with Crippen LogP contribution >= 0.6 is 0 Å². The summed E-state index contributed by atoms with van der Waals surface area (Å²) in [6.45, 7) is 13.0. The molecule has 0 aliphatic heterocycles. The molecule has 156 valence electrons. The highest BCUT2D eigenvalue weighted by atomic mass is 32.2. The van der Waals surface area contributed by atoms with Crippen LogP contribution in [0.3, 0.4) is 0 Å². The number of nitrogens with zero attached hydrogens (tertiary/aromatic N) is 1. The zero-order chi connectivity index (χ0) is 21.4. The molecule has 1 aliphatic rings. The van der Waals surface area contributed by atoms with Gasteiger partial charge >= 0.3 is 0 Å². The number of hydrogen-bond donors (Lipinski definition) is 1. The van der Waals surface area contributed by atoms with E-state index in [2.05, 4.69) is 43.8 Å². The van der Waals surface area contributed by atoms with Gasteiger partial charge in [0.2, 0.25) is 8.32 Å². The standard InChI is InChI=1S/C22H30N2O3SSi/c1-16-10-12-17(13-11-16)28(25,26)24-23-20-15-14-19-18(20)8-7-9-21(19)27-29(5,6)22(2,3)4/h7-13,24H,14-15H2,1-6H3. The minimum Gasteiger partial charge on any atom is -0.543 e. The molecule has 0 atom stereocenters. The molecule has 29 heavy (non-hydrogen) atoms. The SMILES string of the molecule is Cc1ccc(S(=O)(=O)NN=C2CCc3c(O[Si](C)(C)C(C)(C)C)cccc32)cc1. The molecule has 0 saturated carbocycles. The third kappa shape index (κ3) is 4.56. The van der Waals surface area contributed by atoms with Gasteiger partial charge < -0.3 is 4.43 Å². The Hall–Kier alpha value is -2.12. The summed E-state index contributed by atoms with van der Waals surface area (Å²) in [6, 6.07) is 12.7. The fraction of sp³-hybridized carbons (Fsp3) is 0.409. The minimum absolute atomic E-state index is 0.106. The van der Waals surface area contributed by atoms with Gasteiger partial charge in [0.25, 0.3) is 10.0 Å². The van der Waals surface area contributed by atoms with Crippen LogP contribution in [-0.2, 0) is 16.4 Å². The van der Waals surface area contributed by atoms with Gasteiger partial charge in [0.15, 0.2) is 0 Å². The van der Waals surface area contributed by atoms with Gasteiger partial charge in [-0.05, 0) is 56.1 Å². The first kappa shape index (κ1) is 21.6. The van der Waals surface area contributed by atoms with Gasteiger partial charge in [-0.15, -0.1) is 0 Å². The molecule has 0 aromatic heterocycles. The van der Waals surface area contributed by atoms with E-state index in [1.807, 2.05) is 25.1 Å². The number of benzene rings is 2. The highest BCUT2D eigenvalue weighted by Crippen LogP contribution is 2.40. The topological polar surface area (TPSA) is 67.8 Å². The third-order valence-corrected chi connectivity index (χ3v) is 11.4. The van der Waals surface area contributed by atoms with Crippen molar-refractivity contribution in [2.45, 2.75) is 63.6 Å². The zero-order valence-corrected chi connectivity index (χ0v) is 19.9. The van der Waals surface area contributed by atoms with Gasteiger partial charge in [-0.25, -0.2) is 0 Å². The first-order chi connectivity index (χ1) is 13.4. The highest BCUT2D eigenvalue weighted by molar-refractivity contribution is 7.89. The Morgan fingerprint density at radius 1 is 1.03 bits per heavy atom. The summed E-state index contributed by atoms with van der Waals surface area (Å²) in [6.07, 6.45) is 1.48. The van der Waals surface area contributed by atoms with E-state index < -0.39 is 18.3 Å². The summed E-state index contributed by atoms with van der Waals surface area (Å²) in [5, 5.41) is 4.36. The highest BCUT2D eigenvalue weighted by Gasteiger charge is 2.39. The summed E-state index contributed by atoms with van der Waals surface area (Å²) < 4.78 is 31.6. The van der Waals surface area contributed by atoms with Gasteiger partial charge in [0.1, 0.15) is 5.75 Å². The van der Waals surface area contributed by atoms with Crippen LogP contribution in [-0.4, -0.2) is 22.4 Å². The van der Waals surface area contributed by atoms with Crippen molar-refractivity contribution < 1.29 is 12.8 Å². The Kier molecular flexibility index (Phi) is 5.66. The molecule has 2 aromatic rings. The summed E-state index contributed by atoms with van der Waals surface area (Å²) in [5.74, 6) is 0.903. The third-order valence-electron chi connectivity index (χ3n) is 5.86. The number of hydrazone groups is 1. The molecule has 0 bridgehead atoms. The van der Waals surface area contributed by atoms with E-state index in [1.165, 1.54) is 0 Å². The first-order valence-electron chi connectivity index (χ1n) is 9.87. The molecule has 0 fully saturated rings. The molecule has 0 saturated heterocycles. The maximum Gasteiger partial charge on any atom is 0.276 e. The van der Waals surface area contributed by atoms with Crippen LogP contribution < -0.4 is 9.26 Å². The predicted octanol–water partition coefficient (Wildman–Crippen LogP) is 5.01. The lowest BCUT2D eigenvalue weighted by Gasteiger charge is -2.37. The molecule has 3 rings (SSSR count). The Labute approximate surface area is 175 Å². The second-order valence-corrected chi connectivity index (χ2v) is 15.5. The Morgan fingerprint density at radius 3 is 2.31 bits per heavy atom. The molecule has 1 N–H and O–H groups in total. The van der Waals surface area contributed by atoms with E-state index in [0.29, 0.717) is 6.42 Å². The van der Waals surface area contributed by atoms with E-state index in [-0.39, 0.29) is 9.93 Å². The number of aryl methyl sites for hydroxylation is 1. The molecule has 0 unspecified atom stereocenters. The van der Waals surface area contributed by atoms with Crippen molar-refractivity contribution in [1.82, 2.24) is 4.83 Å². The lowest BCUT2D eigenvalue weighted by molar-refractivity contribution is 0.488. The molecule has 7 heteroatoms. The van der Waals surface area contributed by atoms with Crippen molar-refractivity contribution in [3.63, 3.8) is 0 Å². The fourth-order valence-electron chi connectivity index (χ4n) is 3.00. The summed E-state index contributed by atoms with van der Waals surface area (Å²) in [7, 11) is -5.65. The average molecular weight is 431 g/mol. The van der Waals surface area contributed by atoms with Crippen LogP contribution in [0.5, 0.6) is 5.75 Å². The number of hydrogen-bond acceptors (Lipinski definition) is 4. The minimum atomic E-state index is -3.69. The van der Waals surface area contributed by atoms with E-state index in [9.17, 15) is 8.42 Å². The number of nitrogens with one attached hydrogen (secondary N) is 1. The van der Waals surface area contributed by atoms with Crippen molar-refractivity contribution in [1.29, 1.82) is 0 Å². The Bertz CT molecular complexity index is 1040. The molecule has 0 heterocycles. The van der Waals surface area contributed by atoms with Gasteiger partial charge in [0, 0.05) is 11.1 Å². The molecular formula is C22H30N2O3SSi. The second-order valence-electron chi connectivity index (χ2n) is 9.11. The van der Waals surface area contributed by atoms with Crippen LogP contribution in [0.25, 0.3) is 0 Å². The Morgan fingerprint density at radius 2 is 1.69 bits per heavy atom. The molecule has 0 radical (unpaired) electrons. The maximum absolute atomic E-state index is 12.5. The summed E-state index contributed by atoms with van der Waals surface area (Å²) >= 11 is 0. The second kappa shape index (κ2) is 7.61. The Balaban J connectivity index is 1.85. The van der Waals surface area contributed by atoms with Gasteiger partial charge in [-0.2, -0.15) is 18.4 Å². The molecule has 0 spiro atoms. The average Bonchev–Trinajstić information content (AvgIpc) is 3.03. The maximum atomic E-state index is 12.5. The smallest absolute Gasteiger partial charge is 0.276 e. The molecule has 1 aliphatic carbocycles. The van der Waals surface area contributed by atoms with Gasteiger partial charge in [-0.1, -0.05) is 50.6 Å². The van der Waals surface area contributed by atoms with Crippen molar-refractivity contribution >= 4 is 24.1 Å². The largest absolute Gasteiger partial charge is 0.543 e. The molecule has 0 amide bonds. The van der Waals surface area contributed by atoms with Crippen LogP contribution in [0.15, 0.2) is 52.5 Å². The molecule has 2 aromatic carbocycles. The van der Waals surface area contributed by atoms with Crippen LogP contribution in [0.1, 0.15) is 43.9 Å². The van der Waals surface area contributed by atoms with E-state index in [0.717, 1.165) is 34.6 Å². The summed E-state index contributed by atoms with van der Waals surface area (Å²) in [5.41, 5.74) is 3.84. The molecule has 5 nitrogen and oxygen atoms in total. The van der Waals surface area contributed by atoms with Crippen molar-refractivity contribution in [3.8, 4) is 5.75 Å².